The molecule has 0 aliphatic carbocycles. The number of nitrogens with zero attached hydrogens (tertiary/aromatic N) is 4. The van der Waals surface area contributed by atoms with Crippen LogP contribution in [-0.2, 0) is 11.2 Å². The Morgan fingerprint density at radius 1 is 1.07 bits per heavy atom. The van der Waals surface area contributed by atoms with Gasteiger partial charge in [0.15, 0.2) is 0 Å². The molecule has 7 heteroatoms. The number of methoxy groups -OCH3 is 1. The Morgan fingerprint density at radius 3 is 2.56 bits per heavy atom. The van der Waals surface area contributed by atoms with Crippen LogP contribution in [-0.4, -0.2) is 67.2 Å². The van der Waals surface area contributed by atoms with E-state index in [1.165, 1.54) is 5.56 Å². The average molecular weight is 369 g/mol. The number of piperazine rings is 1. The number of hydrogen-bond acceptors (Lipinski definition) is 6. The van der Waals surface area contributed by atoms with E-state index < -0.39 is 0 Å². The Labute approximate surface area is 160 Å². The molecule has 0 spiro atoms. The lowest BCUT2D eigenvalue weighted by Gasteiger charge is -2.34. The number of amides is 1. The van der Waals surface area contributed by atoms with E-state index in [2.05, 4.69) is 26.3 Å². The van der Waals surface area contributed by atoms with Gasteiger partial charge < -0.3 is 19.9 Å². The molecule has 144 valence electrons. The lowest BCUT2D eigenvalue weighted by Crippen LogP contribution is -2.49. The minimum Gasteiger partial charge on any atom is -0.496 e. The maximum atomic E-state index is 12.4. The smallest absolute Gasteiger partial charge is 0.225 e. The number of para-hydroxylation sites is 1. The minimum absolute atomic E-state index is 0.202. The molecule has 7 nitrogen and oxygen atoms in total. The van der Waals surface area contributed by atoms with Crippen molar-refractivity contribution in [1.29, 1.82) is 0 Å². The van der Waals surface area contributed by atoms with Crippen LogP contribution in [0.5, 0.6) is 5.75 Å². The third-order valence-corrected chi connectivity index (χ3v) is 4.75. The SMILES string of the molecule is COc1ccccc1CCNCCC(=O)N1CCN(c2ncccn2)CC1. The number of aromatic nitrogens is 2. The highest BCUT2D eigenvalue weighted by molar-refractivity contribution is 5.76. The second-order valence-corrected chi connectivity index (χ2v) is 6.48. The summed E-state index contributed by atoms with van der Waals surface area (Å²) >= 11 is 0. The lowest BCUT2D eigenvalue weighted by atomic mass is 10.1. The standard InChI is InChI=1S/C20H27N5O2/c1-27-18-6-3-2-5-17(18)7-11-21-12-8-19(26)24-13-15-25(16-14-24)20-22-9-4-10-23-20/h2-6,9-10,21H,7-8,11-16H2,1H3. The second-order valence-electron chi connectivity index (χ2n) is 6.48. The van der Waals surface area contributed by atoms with Crippen molar-refractivity contribution in [1.82, 2.24) is 20.2 Å². The molecule has 2 aromatic rings. The predicted octanol–water partition coefficient (Wildman–Crippen LogP) is 1.36. The first-order valence-corrected chi connectivity index (χ1v) is 9.40. The van der Waals surface area contributed by atoms with E-state index in [4.69, 9.17) is 4.74 Å². The van der Waals surface area contributed by atoms with Crippen molar-refractivity contribution >= 4 is 11.9 Å². The number of carbonyl (C=O) groups is 1. The molecule has 0 radical (unpaired) electrons. The molecule has 1 amide bonds. The average Bonchev–Trinajstić information content (AvgIpc) is 2.74. The maximum Gasteiger partial charge on any atom is 0.225 e. The number of benzene rings is 1. The van der Waals surface area contributed by atoms with Gasteiger partial charge in [0.25, 0.3) is 0 Å². The van der Waals surface area contributed by atoms with E-state index in [0.29, 0.717) is 13.0 Å². The van der Waals surface area contributed by atoms with E-state index in [9.17, 15) is 4.79 Å². The molecule has 1 saturated heterocycles. The summed E-state index contributed by atoms with van der Waals surface area (Å²) in [5, 5.41) is 3.36. The zero-order valence-electron chi connectivity index (χ0n) is 15.8. The van der Waals surface area contributed by atoms with Crippen LogP contribution in [0, 0.1) is 0 Å². The monoisotopic (exact) mass is 369 g/mol. The van der Waals surface area contributed by atoms with Crippen LogP contribution in [0.25, 0.3) is 0 Å². The van der Waals surface area contributed by atoms with E-state index in [1.54, 1.807) is 19.5 Å². The topological polar surface area (TPSA) is 70.6 Å². The summed E-state index contributed by atoms with van der Waals surface area (Å²) in [6.07, 6.45) is 4.90. The van der Waals surface area contributed by atoms with Crippen LogP contribution in [0.2, 0.25) is 0 Å². The van der Waals surface area contributed by atoms with Crippen LogP contribution in [0.1, 0.15) is 12.0 Å². The number of anilines is 1. The highest BCUT2D eigenvalue weighted by atomic mass is 16.5. The van der Waals surface area contributed by atoms with Gasteiger partial charge >= 0.3 is 0 Å². The van der Waals surface area contributed by atoms with E-state index in [0.717, 1.165) is 50.8 Å². The molecular weight excluding hydrogens is 342 g/mol. The van der Waals surface area contributed by atoms with Crippen LogP contribution in [0.4, 0.5) is 5.95 Å². The van der Waals surface area contributed by atoms with Crippen LogP contribution in [0.15, 0.2) is 42.7 Å². The summed E-state index contributed by atoms with van der Waals surface area (Å²) in [6, 6.07) is 9.84. The fourth-order valence-corrected chi connectivity index (χ4v) is 3.22. The summed E-state index contributed by atoms with van der Waals surface area (Å²) < 4.78 is 5.36. The Balaban J connectivity index is 1.33. The normalized spacial score (nSPS) is 14.3. The molecule has 27 heavy (non-hydrogen) atoms. The van der Waals surface area contributed by atoms with Crippen molar-refractivity contribution < 1.29 is 9.53 Å². The zero-order valence-corrected chi connectivity index (χ0v) is 15.8. The largest absolute Gasteiger partial charge is 0.496 e. The summed E-state index contributed by atoms with van der Waals surface area (Å²) in [5.74, 6) is 1.85. The van der Waals surface area contributed by atoms with Gasteiger partial charge in [0, 0.05) is 51.5 Å². The van der Waals surface area contributed by atoms with Crippen molar-refractivity contribution in [3.05, 3.63) is 48.3 Å². The van der Waals surface area contributed by atoms with Crippen molar-refractivity contribution in [3.63, 3.8) is 0 Å². The Kier molecular flexibility index (Phi) is 6.98. The van der Waals surface area contributed by atoms with Gasteiger partial charge in [-0.1, -0.05) is 18.2 Å². The number of carbonyl (C=O) groups excluding carboxylic acids is 1. The van der Waals surface area contributed by atoms with E-state index in [1.807, 2.05) is 29.2 Å². The first kappa shape index (κ1) is 19.1. The first-order chi connectivity index (χ1) is 13.3. The minimum atomic E-state index is 0.202. The van der Waals surface area contributed by atoms with Gasteiger partial charge in [-0.25, -0.2) is 9.97 Å². The molecule has 1 fully saturated rings. The fourth-order valence-electron chi connectivity index (χ4n) is 3.22. The molecule has 0 bridgehead atoms. The lowest BCUT2D eigenvalue weighted by molar-refractivity contribution is -0.131. The van der Waals surface area contributed by atoms with Crippen molar-refractivity contribution in [2.75, 3.05) is 51.3 Å². The quantitative estimate of drug-likeness (QED) is 0.709. The molecular formula is C20H27N5O2. The summed E-state index contributed by atoms with van der Waals surface area (Å²) in [5.41, 5.74) is 1.18. The first-order valence-electron chi connectivity index (χ1n) is 9.40. The Hall–Kier alpha value is -2.67. The maximum absolute atomic E-state index is 12.4. The second kappa shape index (κ2) is 9.87. The number of ether oxygens (including phenoxy) is 1. The molecule has 1 aliphatic heterocycles. The van der Waals surface area contributed by atoms with E-state index >= 15 is 0 Å². The Bertz CT molecular complexity index is 717. The Morgan fingerprint density at radius 2 is 1.81 bits per heavy atom. The third-order valence-electron chi connectivity index (χ3n) is 4.75. The number of rotatable bonds is 8. The zero-order chi connectivity index (χ0) is 18.9. The van der Waals surface area contributed by atoms with Crippen LogP contribution >= 0.6 is 0 Å². The van der Waals surface area contributed by atoms with Gasteiger partial charge in [-0.05, 0) is 30.7 Å². The summed E-state index contributed by atoms with van der Waals surface area (Å²) in [7, 11) is 1.69. The van der Waals surface area contributed by atoms with Crippen LogP contribution < -0.4 is 15.0 Å². The van der Waals surface area contributed by atoms with Gasteiger partial charge in [-0.3, -0.25) is 4.79 Å². The summed E-state index contributed by atoms with van der Waals surface area (Å²) in [4.78, 5) is 25.0. The van der Waals surface area contributed by atoms with Crippen LogP contribution in [0.3, 0.4) is 0 Å². The number of hydrogen-bond donors (Lipinski definition) is 1. The van der Waals surface area contributed by atoms with Crippen molar-refractivity contribution in [3.8, 4) is 5.75 Å². The molecule has 1 aliphatic rings. The van der Waals surface area contributed by atoms with Gasteiger partial charge in [-0.15, -0.1) is 0 Å². The van der Waals surface area contributed by atoms with Gasteiger partial charge in [0.1, 0.15) is 5.75 Å². The molecule has 1 N–H and O–H groups in total. The molecule has 2 heterocycles. The molecule has 0 atom stereocenters. The fraction of sp³-hybridized carbons (Fsp3) is 0.450. The number of nitrogens with one attached hydrogen (secondary N) is 1. The highest BCUT2D eigenvalue weighted by Gasteiger charge is 2.21. The molecule has 1 aromatic heterocycles. The van der Waals surface area contributed by atoms with Gasteiger partial charge in [0.05, 0.1) is 7.11 Å². The van der Waals surface area contributed by atoms with Crippen molar-refractivity contribution in [2.24, 2.45) is 0 Å². The predicted molar refractivity (Wildman–Crippen MR) is 105 cm³/mol. The van der Waals surface area contributed by atoms with Gasteiger partial charge in [0.2, 0.25) is 11.9 Å². The highest BCUT2D eigenvalue weighted by Crippen LogP contribution is 2.17. The summed E-state index contributed by atoms with van der Waals surface area (Å²) in [6.45, 7) is 4.51. The van der Waals surface area contributed by atoms with E-state index in [-0.39, 0.29) is 5.91 Å². The molecule has 1 aromatic carbocycles. The third kappa shape index (κ3) is 5.40. The molecule has 0 saturated carbocycles. The van der Waals surface area contributed by atoms with Crippen molar-refractivity contribution in [2.45, 2.75) is 12.8 Å². The van der Waals surface area contributed by atoms with Gasteiger partial charge in [-0.2, -0.15) is 0 Å². The molecule has 0 unspecified atom stereocenters. The molecule has 3 rings (SSSR count).